The first kappa shape index (κ1) is 20.4. The van der Waals surface area contributed by atoms with Crippen molar-refractivity contribution in [2.75, 3.05) is 20.1 Å². The highest BCUT2D eigenvalue weighted by Crippen LogP contribution is 2.10. The molecule has 8 nitrogen and oxygen atoms in total. The number of carbonyl (C=O) groups is 4. The van der Waals surface area contributed by atoms with E-state index in [1.54, 1.807) is 7.05 Å². The maximum Gasteiger partial charge on any atom is 0.326 e. The molecule has 0 aliphatic carbocycles. The summed E-state index contributed by atoms with van der Waals surface area (Å²) in [5.74, 6) is -1.20. The van der Waals surface area contributed by atoms with Crippen molar-refractivity contribution in [3.8, 4) is 0 Å². The summed E-state index contributed by atoms with van der Waals surface area (Å²) >= 11 is 0. The lowest BCUT2D eigenvalue weighted by atomic mass is 10.1. The van der Waals surface area contributed by atoms with Crippen LogP contribution in [0.15, 0.2) is 24.3 Å². The first-order chi connectivity index (χ1) is 12.8. The zero-order chi connectivity index (χ0) is 20.0. The fourth-order valence-corrected chi connectivity index (χ4v) is 2.62. The Morgan fingerprint density at radius 1 is 1.22 bits per heavy atom. The number of likely N-dealkylation sites (N-methyl/N-ethyl adjacent to an activating group) is 1. The maximum absolute atomic E-state index is 12.0. The van der Waals surface area contributed by atoms with Gasteiger partial charge in [-0.05, 0) is 25.8 Å². The summed E-state index contributed by atoms with van der Waals surface area (Å²) in [5.41, 5.74) is 2.09. The third kappa shape index (κ3) is 5.80. The number of ether oxygens (including phenoxy) is 1. The molecule has 0 saturated carbocycles. The van der Waals surface area contributed by atoms with Gasteiger partial charge in [0.15, 0.2) is 6.10 Å². The number of hydrogen-bond donors (Lipinski definition) is 1. The zero-order valence-electron chi connectivity index (χ0n) is 15.9. The molecule has 0 radical (unpaired) electrons. The van der Waals surface area contributed by atoms with E-state index in [1.165, 1.54) is 11.8 Å². The van der Waals surface area contributed by atoms with E-state index in [1.807, 2.05) is 31.2 Å². The molecule has 0 aromatic heterocycles. The van der Waals surface area contributed by atoms with Crippen molar-refractivity contribution in [3.63, 3.8) is 0 Å². The summed E-state index contributed by atoms with van der Waals surface area (Å²) in [6, 6.07) is 7.39. The number of imide groups is 1. The lowest BCUT2D eigenvalue weighted by Gasteiger charge is -2.15. The summed E-state index contributed by atoms with van der Waals surface area (Å²) in [6.07, 6.45) is -0.595. The summed E-state index contributed by atoms with van der Waals surface area (Å²) in [4.78, 5) is 49.7. The van der Waals surface area contributed by atoms with Crippen LogP contribution in [0.2, 0.25) is 0 Å². The van der Waals surface area contributed by atoms with E-state index in [-0.39, 0.29) is 37.4 Å². The van der Waals surface area contributed by atoms with Gasteiger partial charge in [-0.2, -0.15) is 0 Å². The number of carbonyl (C=O) groups excluding carboxylic acids is 4. The first-order valence-electron chi connectivity index (χ1n) is 8.86. The molecule has 2 rings (SSSR count). The highest BCUT2D eigenvalue weighted by molar-refractivity contribution is 6.01. The van der Waals surface area contributed by atoms with E-state index in [9.17, 15) is 19.2 Å². The Morgan fingerprint density at radius 3 is 2.48 bits per heavy atom. The highest BCUT2D eigenvalue weighted by Gasteiger charge is 2.33. The Labute approximate surface area is 158 Å². The van der Waals surface area contributed by atoms with Gasteiger partial charge in [0.05, 0.1) is 0 Å². The van der Waals surface area contributed by atoms with E-state index in [2.05, 4.69) is 5.32 Å². The number of nitrogens with zero attached hydrogens (tertiary/aromatic N) is 2. The Kier molecular flexibility index (Phi) is 6.92. The molecule has 1 aliphatic rings. The van der Waals surface area contributed by atoms with Gasteiger partial charge in [-0.25, -0.2) is 4.79 Å². The van der Waals surface area contributed by atoms with Crippen molar-refractivity contribution in [1.82, 2.24) is 15.1 Å². The Morgan fingerprint density at radius 2 is 1.89 bits per heavy atom. The second-order valence-electron chi connectivity index (χ2n) is 6.62. The summed E-state index contributed by atoms with van der Waals surface area (Å²) < 4.78 is 5.11. The molecule has 1 fully saturated rings. The predicted molar refractivity (Wildman–Crippen MR) is 97.6 cm³/mol. The Bertz CT molecular complexity index is 717. The van der Waals surface area contributed by atoms with Gasteiger partial charge in [0.25, 0.3) is 5.91 Å². The molecule has 0 bridgehead atoms. The molecule has 27 heavy (non-hydrogen) atoms. The van der Waals surface area contributed by atoms with Crippen molar-refractivity contribution < 1.29 is 23.9 Å². The molecule has 1 aromatic carbocycles. The SMILES string of the molecule is Cc1ccc(CNC(=O)[C@H](C)OC(=O)CCCN2C(=O)CN(C)C2=O)cc1. The van der Waals surface area contributed by atoms with Crippen molar-refractivity contribution in [2.45, 2.75) is 39.3 Å². The van der Waals surface area contributed by atoms with Crippen LogP contribution >= 0.6 is 0 Å². The molecule has 146 valence electrons. The van der Waals surface area contributed by atoms with Crippen LogP contribution in [0, 0.1) is 6.92 Å². The van der Waals surface area contributed by atoms with Gasteiger partial charge in [-0.1, -0.05) is 29.8 Å². The minimum absolute atomic E-state index is 0.0242. The number of aryl methyl sites for hydroxylation is 1. The molecule has 1 atom stereocenters. The normalized spacial score (nSPS) is 15.1. The minimum Gasteiger partial charge on any atom is -0.453 e. The van der Waals surface area contributed by atoms with E-state index in [0.717, 1.165) is 16.0 Å². The van der Waals surface area contributed by atoms with Crippen LogP contribution < -0.4 is 5.32 Å². The number of hydrogen-bond acceptors (Lipinski definition) is 5. The van der Waals surface area contributed by atoms with Crippen LogP contribution in [0.1, 0.15) is 30.9 Å². The summed E-state index contributed by atoms with van der Waals surface area (Å²) in [7, 11) is 1.55. The molecule has 0 spiro atoms. The number of rotatable bonds is 8. The van der Waals surface area contributed by atoms with Gasteiger partial charge in [0.1, 0.15) is 6.54 Å². The van der Waals surface area contributed by atoms with E-state index >= 15 is 0 Å². The van der Waals surface area contributed by atoms with Gasteiger partial charge in [-0.15, -0.1) is 0 Å². The van der Waals surface area contributed by atoms with Gasteiger partial charge < -0.3 is 15.0 Å². The van der Waals surface area contributed by atoms with Crippen molar-refractivity contribution >= 4 is 23.8 Å². The Balaban J connectivity index is 1.68. The lowest BCUT2D eigenvalue weighted by molar-refractivity contribution is -0.155. The van der Waals surface area contributed by atoms with Crippen LogP contribution in [-0.2, 0) is 25.7 Å². The van der Waals surface area contributed by atoms with Gasteiger partial charge >= 0.3 is 12.0 Å². The molecular weight excluding hydrogens is 350 g/mol. The Hall–Kier alpha value is -2.90. The average Bonchev–Trinajstić information content (AvgIpc) is 2.86. The third-order valence-corrected chi connectivity index (χ3v) is 4.26. The molecule has 0 unspecified atom stereocenters. The van der Waals surface area contributed by atoms with Crippen LogP contribution in [-0.4, -0.2) is 59.9 Å². The minimum atomic E-state index is -0.913. The number of nitrogens with one attached hydrogen (secondary N) is 1. The van der Waals surface area contributed by atoms with Gasteiger partial charge in [-0.3, -0.25) is 19.3 Å². The monoisotopic (exact) mass is 375 g/mol. The average molecular weight is 375 g/mol. The third-order valence-electron chi connectivity index (χ3n) is 4.26. The molecule has 4 amide bonds. The van der Waals surface area contributed by atoms with E-state index < -0.39 is 12.1 Å². The van der Waals surface area contributed by atoms with Crippen LogP contribution in [0.3, 0.4) is 0 Å². The molecule has 1 aromatic rings. The van der Waals surface area contributed by atoms with Gasteiger partial charge in [0.2, 0.25) is 5.91 Å². The quantitative estimate of drug-likeness (QED) is 0.544. The van der Waals surface area contributed by atoms with E-state index in [0.29, 0.717) is 13.0 Å². The van der Waals surface area contributed by atoms with Gasteiger partial charge in [0, 0.05) is 26.6 Å². The largest absolute Gasteiger partial charge is 0.453 e. The predicted octanol–water partition coefficient (Wildman–Crippen LogP) is 1.22. The highest BCUT2D eigenvalue weighted by atomic mass is 16.5. The fourth-order valence-electron chi connectivity index (χ4n) is 2.62. The molecule has 1 N–H and O–H groups in total. The van der Waals surface area contributed by atoms with Crippen LogP contribution in [0.5, 0.6) is 0 Å². The molecule has 1 heterocycles. The maximum atomic E-state index is 12.0. The second kappa shape index (κ2) is 9.16. The lowest BCUT2D eigenvalue weighted by Crippen LogP contribution is -2.36. The standard InChI is InChI=1S/C19H25N3O5/c1-13-6-8-15(9-7-13)11-20-18(25)14(2)27-17(24)5-4-10-22-16(23)12-21(3)19(22)26/h6-9,14H,4-5,10-12H2,1-3H3,(H,20,25)/t14-/m0/s1. The molecular formula is C19H25N3O5. The topological polar surface area (TPSA) is 96.0 Å². The fraction of sp³-hybridized carbons (Fsp3) is 0.474. The summed E-state index contributed by atoms with van der Waals surface area (Å²) in [6.45, 7) is 4.06. The number of esters is 1. The van der Waals surface area contributed by atoms with Crippen molar-refractivity contribution in [3.05, 3.63) is 35.4 Å². The van der Waals surface area contributed by atoms with Crippen molar-refractivity contribution in [1.29, 1.82) is 0 Å². The molecule has 1 saturated heterocycles. The molecule has 8 heteroatoms. The number of amides is 4. The zero-order valence-corrected chi connectivity index (χ0v) is 15.9. The number of urea groups is 1. The van der Waals surface area contributed by atoms with Crippen LogP contribution in [0.4, 0.5) is 4.79 Å². The van der Waals surface area contributed by atoms with E-state index in [4.69, 9.17) is 4.74 Å². The van der Waals surface area contributed by atoms with Crippen molar-refractivity contribution in [2.24, 2.45) is 0 Å². The number of benzene rings is 1. The smallest absolute Gasteiger partial charge is 0.326 e. The summed E-state index contributed by atoms with van der Waals surface area (Å²) in [5, 5.41) is 2.72. The molecule has 1 aliphatic heterocycles. The first-order valence-corrected chi connectivity index (χ1v) is 8.86. The van der Waals surface area contributed by atoms with Crippen LogP contribution in [0.25, 0.3) is 0 Å². The second-order valence-corrected chi connectivity index (χ2v) is 6.62.